The molecule has 6 heteroatoms. The molecule has 6 nitrogen and oxygen atoms in total. The van der Waals surface area contributed by atoms with Crippen molar-refractivity contribution in [2.24, 2.45) is 7.05 Å². The van der Waals surface area contributed by atoms with E-state index in [-0.39, 0.29) is 0 Å². The predicted octanol–water partition coefficient (Wildman–Crippen LogP) is 3.17. The van der Waals surface area contributed by atoms with Gasteiger partial charge in [0, 0.05) is 45.3 Å². The zero-order valence-electron chi connectivity index (χ0n) is 18.0. The van der Waals surface area contributed by atoms with Gasteiger partial charge in [0.2, 0.25) is 0 Å². The summed E-state index contributed by atoms with van der Waals surface area (Å²) in [7, 11) is 1.93. The van der Waals surface area contributed by atoms with Gasteiger partial charge in [0.05, 0.1) is 11.8 Å². The Kier molecular flexibility index (Phi) is 7.34. The molecule has 2 unspecified atom stereocenters. The molecule has 0 aliphatic carbocycles. The molecule has 0 amide bonds. The van der Waals surface area contributed by atoms with Crippen LogP contribution in [0.3, 0.4) is 0 Å². The second-order valence-electron chi connectivity index (χ2n) is 7.95. The van der Waals surface area contributed by atoms with Gasteiger partial charge < -0.3 is 15.7 Å². The Hall–Kier alpha value is -2.31. The van der Waals surface area contributed by atoms with E-state index in [9.17, 15) is 5.11 Å². The lowest BCUT2D eigenvalue weighted by Gasteiger charge is -2.36. The molecule has 3 N–H and O–H groups in total. The van der Waals surface area contributed by atoms with E-state index in [1.165, 1.54) is 11.1 Å². The zero-order chi connectivity index (χ0) is 20.8. The molecule has 29 heavy (non-hydrogen) atoms. The van der Waals surface area contributed by atoms with E-state index >= 15 is 0 Å². The van der Waals surface area contributed by atoms with Crippen molar-refractivity contribution < 1.29 is 5.11 Å². The van der Waals surface area contributed by atoms with E-state index in [1.54, 1.807) is 0 Å². The molecule has 0 bridgehead atoms. The van der Waals surface area contributed by atoms with Gasteiger partial charge >= 0.3 is 0 Å². The van der Waals surface area contributed by atoms with Crippen LogP contribution in [0.25, 0.3) is 5.70 Å². The highest BCUT2D eigenvalue weighted by molar-refractivity contribution is 5.61. The van der Waals surface area contributed by atoms with Crippen LogP contribution in [0.15, 0.2) is 36.9 Å². The fourth-order valence-corrected chi connectivity index (χ4v) is 3.91. The highest BCUT2D eigenvalue weighted by Crippen LogP contribution is 2.29. The molecule has 1 aliphatic rings. The SMILES string of the molecule is C=C(NCC(O)CN1CCc2ccccc2C1C)c1cc(NCCCC)n(C)n1. The summed E-state index contributed by atoms with van der Waals surface area (Å²) in [5.41, 5.74) is 4.34. The molecule has 158 valence electrons. The number of unbranched alkanes of at least 4 members (excludes halogenated alkanes) is 1. The number of nitrogens with one attached hydrogen (secondary N) is 2. The average molecular weight is 398 g/mol. The number of benzene rings is 1. The maximum absolute atomic E-state index is 10.6. The lowest BCUT2D eigenvalue weighted by atomic mass is 9.93. The predicted molar refractivity (Wildman–Crippen MR) is 120 cm³/mol. The van der Waals surface area contributed by atoms with Gasteiger partial charge in [-0.05, 0) is 30.9 Å². The molecule has 0 saturated heterocycles. The smallest absolute Gasteiger partial charge is 0.124 e. The molecule has 0 saturated carbocycles. The molecule has 0 fully saturated rings. The van der Waals surface area contributed by atoms with Crippen LogP contribution in [0, 0.1) is 0 Å². The van der Waals surface area contributed by atoms with E-state index in [0.717, 1.165) is 49.6 Å². The van der Waals surface area contributed by atoms with Crippen LogP contribution in [0.5, 0.6) is 0 Å². The third kappa shape index (κ3) is 5.40. The average Bonchev–Trinajstić information content (AvgIpc) is 3.09. The third-order valence-corrected chi connectivity index (χ3v) is 5.74. The Balaban J connectivity index is 1.49. The van der Waals surface area contributed by atoms with Crippen molar-refractivity contribution in [3.8, 4) is 0 Å². The minimum Gasteiger partial charge on any atom is -0.390 e. The van der Waals surface area contributed by atoms with E-state index in [1.807, 2.05) is 17.8 Å². The molecule has 2 aromatic rings. The minimum atomic E-state index is -0.467. The lowest BCUT2D eigenvalue weighted by molar-refractivity contribution is 0.0885. The second-order valence-corrected chi connectivity index (χ2v) is 7.95. The summed E-state index contributed by atoms with van der Waals surface area (Å²) in [4.78, 5) is 2.36. The summed E-state index contributed by atoms with van der Waals surface area (Å²) in [6.07, 6.45) is 2.86. The molecular formula is C23H35N5O. The molecule has 1 aliphatic heterocycles. The Morgan fingerprint density at radius 2 is 2.17 bits per heavy atom. The summed E-state index contributed by atoms with van der Waals surface area (Å²) < 4.78 is 1.83. The van der Waals surface area contributed by atoms with Crippen LogP contribution >= 0.6 is 0 Å². The van der Waals surface area contributed by atoms with Crippen molar-refractivity contribution in [2.75, 3.05) is 31.5 Å². The number of rotatable bonds is 10. The summed E-state index contributed by atoms with van der Waals surface area (Å²) in [6.45, 7) is 11.5. The van der Waals surface area contributed by atoms with Gasteiger partial charge in [0.25, 0.3) is 0 Å². The number of nitrogens with zero attached hydrogens (tertiary/aromatic N) is 3. The van der Waals surface area contributed by atoms with Crippen LogP contribution in [-0.4, -0.2) is 52.1 Å². The first-order valence-electron chi connectivity index (χ1n) is 10.7. The number of aromatic nitrogens is 2. The molecule has 0 spiro atoms. The van der Waals surface area contributed by atoms with Crippen molar-refractivity contribution in [3.63, 3.8) is 0 Å². The Bertz CT molecular complexity index is 815. The molecule has 1 aromatic heterocycles. The quantitative estimate of drug-likeness (QED) is 0.538. The van der Waals surface area contributed by atoms with E-state index in [2.05, 4.69) is 65.3 Å². The van der Waals surface area contributed by atoms with Gasteiger partial charge in [0.1, 0.15) is 11.5 Å². The number of hydrogen-bond acceptors (Lipinski definition) is 5. The van der Waals surface area contributed by atoms with Gasteiger partial charge in [-0.3, -0.25) is 9.58 Å². The molecule has 2 heterocycles. The molecule has 2 atom stereocenters. The van der Waals surface area contributed by atoms with Crippen molar-refractivity contribution >= 4 is 11.5 Å². The Labute approximate surface area is 174 Å². The Morgan fingerprint density at radius 1 is 1.38 bits per heavy atom. The first-order chi connectivity index (χ1) is 14.0. The summed E-state index contributed by atoms with van der Waals surface area (Å²) in [5.74, 6) is 0.984. The van der Waals surface area contributed by atoms with Crippen molar-refractivity contribution in [1.29, 1.82) is 0 Å². The molecular weight excluding hydrogens is 362 g/mol. The number of aliphatic hydroxyl groups excluding tert-OH is 1. The van der Waals surface area contributed by atoms with Crippen molar-refractivity contribution in [1.82, 2.24) is 20.0 Å². The standard InChI is InChI=1S/C23H35N5O/c1-5-6-12-24-23-14-22(26-27(23)4)17(2)25-15-20(29)16-28-13-11-19-9-7-8-10-21(19)18(28)3/h7-10,14,18,20,24-25,29H,2,5-6,11-13,15-16H2,1,3-4H3. The summed E-state index contributed by atoms with van der Waals surface area (Å²) >= 11 is 0. The largest absolute Gasteiger partial charge is 0.390 e. The number of aryl methyl sites for hydroxylation is 1. The maximum Gasteiger partial charge on any atom is 0.124 e. The Morgan fingerprint density at radius 3 is 2.97 bits per heavy atom. The fraction of sp³-hybridized carbons (Fsp3) is 0.522. The topological polar surface area (TPSA) is 65.3 Å². The van der Waals surface area contributed by atoms with Gasteiger partial charge in [-0.15, -0.1) is 0 Å². The van der Waals surface area contributed by atoms with Crippen LogP contribution < -0.4 is 10.6 Å². The maximum atomic E-state index is 10.6. The van der Waals surface area contributed by atoms with Crippen LogP contribution in [0.4, 0.5) is 5.82 Å². The van der Waals surface area contributed by atoms with E-state index in [4.69, 9.17) is 0 Å². The molecule has 1 aromatic carbocycles. The normalized spacial score (nSPS) is 17.6. The van der Waals surface area contributed by atoms with Crippen LogP contribution in [0.2, 0.25) is 0 Å². The van der Waals surface area contributed by atoms with Gasteiger partial charge in [0.15, 0.2) is 0 Å². The molecule has 0 radical (unpaired) electrons. The number of fused-ring (bicyclic) bond motifs is 1. The lowest BCUT2D eigenvalue weighted by Crippen LogP contribution is -2.42. The van der Waals surface area contributed by atoms with E-state index < -0.39 is 6.10 Å². The number of hydrogen-bond donors (Lipinski definition) is 3. The highest BCUT2D eigenvalue weighted by Gasteiger charge is 2.25. The number of aliphatic hydroxyl groups is 1. The second kappa shape index (κ2) is 9.94. The fourth-order valence-electron chi connectivity index (χ4n) is 3.91. The van der Waals surface area contributed by atoms with Gasteiger partial charge in [-0.2, -0.15) is 5.10 Å². The summed E-state index contributed by atoms with van der Waals surface area (Å²) in [6, 6.07) is 10.9. The number of β-amino-alcohol motifs (C(OH)–C–C–N with tert-alkyl or cyclic N) is 1. The van der Waals surface area contributed by atoms with Crippen LogP contribution in [-0.2, 0) is 13.5 Å². The van der Waals surface area contributed by atoms with Crippen molar-refractivity contribution in [2.45, 2.75) is 45.3 Å². The van der Waals surface area contributed by atoms with E-state index in [0.29, 0.717) is 19.1 Å². The monoisotopic (exact) mass is 397 g/mol. The van der Waals surface area contributed by atoms with Gasteiger partial charge in [-0.1, -0.05) is 44.2 Å². The first kappa shape index (κ1) is 21.4. The summed E-state index contributed by atoms with van der Waals surface area (Å²) in [5, 5.41) is 21.8. The van der Waals surface area contributed by atoms with Gasteiger partial charge in [-0.25, -0.2) is 0 Å². The highest BCUT2D eigenvalue weighted by atomic mass is 16.3. The minimum absolute atomic E-state index is 0.324. The zero-order valence-corrected chi connectivity index (χ0v) is 18.0. The number of anilines is 1. The molecule has 3 rings (SSSR count). The first-order valence-corrected chi connectivity index (χ1v) is 10.7. The third-order valence-electron chi connectivity index (χ3n) is 5.74. The van der Waals surface area contributed by atoms with Crippen LogP contribution in [0.1, 0.15) is 49.6 Å². The van der Waals surface area contributed by atoms with Crippen molar-refractivity contribution in [3.05, 3.63) is 53.7 Å².